The molecule has 1 unspecified atom stereocenters. The second kappa shape index (κ2) is 6.68. The fourth-order valence-corrected chi connectivity index (χ4v) is 3.89. The smallest absolute Gasteiger partial charge is 0.0746 e. The molecule has 0 saturated carbocycles. The van der Waals surface area contributed by atoms with Crippen LogP contribution in [0.1, 0.15) is 19.8 Å². The van der Waals surface area contributed by atoms with E-state index in [9.17, 15) is 5.11 Å². The van der Waals surface area contributed by atoms with Gasteiger partial charge in [0.05, 0.1) is 10.6 Å². The molecule has 0 aromatic heterocycles. The lowest BCUT2D eigenvalue weighted by molar-refractivity contribution is -0.0133. The van der Waals surface area contributed by atoms with Crippen molar-refractivity contribution >= 4 is 35.0 Å². The van der Waals surface area contributed by atoms with Gasteiger partial charge in [-0.2, -0.15) is 0 Å². The minimum atomic E-state index is -0.531. The van der Waals surface area contributed by atoms with Crippen molar-refractivity contribution in [3.05, 3.63) is 28.2 Å². The lowest BCUT2D eigenvalue weighted by Gasteiger charge is -2.36. The molecule has 1 heterocycles. The Morgan fingerprint density at radius 2 is 2.21 bits per heavy atom. The summed E-state index contributed by atoms with van der Waals surface area (Å²) in [5, 5.41) is 11.5. The number of nitrogens with zero attached hydrogens (tertiary/aromatic N) is 1. The molecule has 0 spiro atoms. The van der Waals surface area contributed by atoms with E-state index in [1.807, 2.05) is 19.1 Å². The number of rotatable bonds is 4. The van der Waals surface area contributed by atoms with Crippen LogP contribution in [0.15, 0.2) is 23.1 Å². The van der Waals surface area contributed by atoms with Crippen LogP contribution in [0.4, 0.5) is 0 Å². The van der Waals surface area contributed by atoms with Gasteiger partial charge in [-0.25, -0.2) is 0 Å². The molecule has 0 aliphatic carbocycles. The van der Waals surface area contributed by atoms with Crippen molar-refractivity contribution in [2.45, 2.75) is 30.3 Å². The van der Waals surface area contributed by atoms with Gasteiger partial charge in [-0.15, -0.1) is 11.8 Å². The van der Waals surface area contributed by atoms with Crippen LogP contribution in [0.3, 0.4) is 0 Å². The number of hydrogen-bond acceptors (Lipinski definition) is 3. The number of benzene rings is 1. The number of halogens is 2. The third-order valence-electron chi connectivity index (χ3n) is 3.31. The minimum absolute atomic E-state index is 0.531. The van der Waals surface area contributed by atoms with Crippen LogP contribution in [0, 0.1) is 0 Å². The highest BCUT2D eigenvalue weighted by Gasteiger charge is 2.27. The van der Waals surface area contributed by atoms with Crippen molar-refractivity contribution < 1.29 is 5.11 Å². The zero-order valence-corrected chi connectivity index (χ0v) is 13.4. The molecule has 0 amide bonds. The van der Waals surface area contributed by atoms with Gasteiger partial charge in [0.1, 0.15) is 0 Å². The van der Waals surface area contributed by atoms with Crippen molar-refractivity contribution in [2.24, 2.45) is 0 Å². The molecule has 19 heavy (non-hydrogen) atoms. The normalized spacial score (nSPS) is 24.6. The Morgan fingerprint density at radius 3 is 2.95 bits per heavy atom. The van der Waals surface area contributed by atoms with Crippen molar-refractivity contribution in [2.75, 3.05) is 25.4 Å². The zero-order chi connectivity index (χ0) is 13.9. The van der Waals surface area contributed by atoms with Crippen molar-refractivity contribution in [1.29, 1.82) is 0 Å². The SMILES string of the molecule is CC1(O)CCCN(CCSc2cc(Cl)ccc2Cl)C1. The number of β-amino-alcohol motifs (C(OH)–C–C–N with tert-alkyl or cyclic N) is 1. The summed E-state index contributed by atoms with van der Waals surface area (Å²) >= 11 is 13.8. The molecule has 1 atom stereocenters. The topological polar surface area (TPSA) is 23.5 Å². The summed E-state index contributed by atoms with van der Waals surface area (Å²) in [7, 11) is 0. The molecule has 0 radical (unpaired) electrons. The van der Waals surface area contributed by atoms with E-state index in [0.717, 1.165) is 48.1 Å². The number of thioether (sulfide) groups is 1. The summed E-state index contributed by atoms with van der Waals surface area (Å²) in [4.78, 5) is 3.34. The molecule has 1 aliphatic heterocycles. The fraction of sp³-hybridized carbons (Fsp3) is 0.571. The predicted molar refractivity (Wildman–Crippen MR) is 83.5 cm³/mol. The van der Waals surface area contributed by atoms with Crippen LogP contribution in [-0.4, -0.2) is 41.0 Å². The Kier molecular flexibility index (Phi) is 5.44. The molecular formula is C14H19Cl2NOS. The average molecular weight is 320 g/mol. The van der Waals surface area contributed by atoms with Gasteiger partial charge >= 0.3 is 0 Å². The molecule has 5 heteroatoms. The average Bonchev–Trinajstić information content (AvgIpc) is 2.32. The predicted octanol–water partition coefficient (Wildman–Crippen LogP) is 3.93. The van der Waals surface area contributed by atoms with Crippen molar-refractivity contribution in [1.82, 2.24) is 4.90 Å². The minimum Gasteiger partial charge on any atom is -0.389 e. The fourth-order valence-electron chi connectivity index (χ4n) is 2.39. The maximum atomic E-state index is 10.1. The Morgan fingerprint density at radius 1 is 1.42 bits per heavy atom. The maximum Gasteiger partial charge on any atom is 0.0746 e. The number of likely N-dealkylation sites (tertiary alicyclic amines) is 1. The van der Waals surface area contributed by atoms with E-state index in [-0.39, 0.29) is 0 Å². The van der Waals surface area contributed by atoms with Crippen LogP contribution in [0.25, 0.3) is 0 Å². The molecule has 1 aliphatic rings. The van der Waals surface area contributed by atoms with Crippen molar-refractivity contribution in [3.8, 4) is 0 Å². The molecule has 1 N–H and O–H groups in total. The van der Waals surface area contributed by atoms with Gasteiger partial charge in [0.25, 0.3) is 0 Å². The molecule has 1 fully saturated rings. The third kappa shape index (κ3) is 4.83. The highest BCUT2D eigenvalue weighted by Crippen LogP contribution is 2.30. The molecule has 1 aromatic rings. The van der Waals surface area contributed by atoms with E-state index < -0.39 is 5.60 Å². The van der Waals surface area contributed by atoms with Gasteiger partial charge in [-0.1, -0.05) is 23.2 Å². The van der Waals surface area contributed by atoms with Gasteiger partial charge in [0, 0.05) is 28.8 Å². The summed E-state index contributed by atoms with van der Waals surface area (Å²) in [5.41, 5.74) is -0.531. The Bertz CT molecular complexity index is 439. The third-order valence-corrected chi connectivity index (χ3v) is 5.02. The lowest BCUT2D eigenvalue weighted by atomic mass is 9.95. The van der Waals surface area contributed by atoms with Crippen LogP contribution in [0.5, 0.6) is 0 Å². The first-order valence-corrected chi connectivity index (χ1v) is 8.23. The Hall–Kier alpha value is 0.0700. The summed E-state index contributed by atoms with van der Waals surface area (Å²) < 4.78 is 0. The van der Waals surface area contributed by atoms with Crippen LogP contribution in [0.2, 0.25) is 10.0 Å². The largest absolute Gasteiger partial charge is 0.389 e. The molecule has 2 nitrogen and oxygen atoms in total. The molecule has 1 saturated heterocycles. The summed E-state index contributed by atoms with van der Waals surface area (Å²) in [6.07, 6.45) is 1.96. The molecule has 1 aromatic carbocycles. The van der Waals surface area contributed by atoms with E-state index in [0.29, 0.717) is 5.02 Å². The molecular weight excluding hydrogens is 301 g/mol. The van der Waals surface area contributed by atoms with Crippen LogP contribution >= 0.6 is 35.0 Å². The van der Waals surface area contributed by atoms with E-state index >= 15 is 0 Å². The second-order valence-electron chi connectivity index (χ2n) is 5.30. The monoisotopic (exact) mass is 319 g/mol. The van der Waals surface area contributed by atoms with Gasteiger partial charge in [-0.05, 0) is 44.5 Å². The van der Waals surface area contributed by atoms with E-state index in [4.69, 9.17) is 23.2 Å². The molecule has 0 bridgehead atoms. The Labute approximate surface area is 129 Å². The maximum absolute atomic E-state index is 10.1. The molecule has 2 rings (SSSR count). The van der Waals surface area contributed by atoms with Crippen molar-refractivity contribution in [3.63, 3.8) is 0 Å². The summed E-state index contributed by atoms with van der Waals surface area (Å²) in [6.45, 7) is 4.71. The quantitative estimate of drug-likeness (QED) is 0.850. The summed E-state index contributed by atoms with van der Waals surface area (Å²) in [6, 6.07) is 5.54. The molecule has 106 valence electrons. The Balaban J connectivity index is 1.81. The first-order chi connectivity index (χ1) is 8.96. The van der Waals surface area contributed by atoms with Gasteiger partial charge in [0.2, 0.25) is 0 Å². The number of piperidine rings is 1. The highest BCUT2D eigenvalue weighted by molar-refractivity contribution is 7.99. The summed E-state index contributed by atoms with van der Waals surface area (Å²) in [5.74, 6) is 0.955. The van der Waals surface area contributed by atoms with E-state index in [1.165, 1.54) is 0 Å². The highest BCUT2D eigenvalue weighted by atomic mass is 35.5. The van der Waals surface area contributed by atoms with Gasteiger partial charge in [-0.3, -0.25) is 4.90 Å². The number of hydrogen-bond donors (Lipinski definition) is 1. The van der Waals surface area contributed by atoms with Gasteiger partial charge in [0.15, 0.2) is 0 Å². The van der Waals surface area contributed by atoms with Crippen LogP contribution < -0.4 is 0 Å². The lowest BCUT2D eigenvalue weighted by Crippen LogP contribution is -2.46. The number of aliphatic hydroxyl groups is 1. The zero-order valence-electron chi connectivity index (χ0n) is 11.0. The first kappa shape index (κ1) is 15.5. The first-order valence-electron chi connectivity index (χ1n) is 6.49. The standard InChI is InChI=1S/C14H19Cl2NOS/c1-14(18)5-2-6-17(10-14)7-8-19-13-9-11(15)3-4-12(13)16/h3-4,9,18H,2,5-8,10H2,1H3. The van der Waals surface area contributed by atoms with Crippen LogP contribution in [-0.2, 0) is 0 Å². The van der Waals surface area contributed by atoms with Gasteiger partial charge < -0.3 is 5.11 Å². The van der Waals surface area contributed by atoms with E-state index in [1.54, 1.807) is 17.8 Å². The second-order valence-corrected chi connectivity index (χ2v) is 7.28. The van der Waals surface area contributed by atoms with E-state index in [2.05, 4.69) is 4.90 Å².